The summed E-state index contributed by atoms with van der Waals surface area (Å²) < 4.78 is 0. The summed E-state index contributed by atoms with van der Waals surface area (Å²) in [4.78, 5) is 28.6. The van der Waals surface area contributed by atoms with Gasteiger partial charge in [0, 0.05) is 48.9 Å². The molecule has 1 saturated heterocycles. The molecule has 0 spiro atoms. The Kier molecular flexibility index (Phi) is 4.92. The second kappa shape index (κ2) is 7.52. The zero-order chi connectivity index (χ0) is 19.7. The molecule has 2 aliphatic rings. The number of rotatable bonds is 3. The fourth-order valence-electron chi connectivity index (χ4n) is 3.68. The molecule has 7 nitrogen and oxygen atoms in total. The van der Waals surface area contributed by atoms with E-state index in [2.05, 4.69) is 38.9 Å². The molecule has 7 heteroatoms. The van der Waals surface area contributed by atoms with Gasteiger partial charge in [-0.3, -0.25) is 4.79 Å². The lowest BCUT2D eigenvalue weighted by atomic mass is 10.1. The number of aryl methyl sites for hydroxylation is 1. The number of fused-ring (bicyclic) bond motifs is 1. The molecule has 1 fully saturated rings. The van der Waals surface area contributed by atoms with E-state index in [1.165, 1.54) is 0 Å². The molecule has 0 bridgehead atoms. The average Bonchev–Trinajstić information content (AvgIpc) is 3.01. The minimum atomic E-state index is -0.299. The number of amides is 3. The van der Waals surface area contributed by atoms with Gasteiger partial charge in [-0.15, -0.1) is 0 Å². The number of urea groups is 1. The Morgan fingerprint density at radius 3 is 2.54 bits per heavy atom. The van der Waals surface area contributed by atoms with Crippen molar-refractivity contribution in [3.05, 3.63) is 47.5 Å². The third kappa shape index (κ3) is 4.09. The van der Waals surface area contributed by atoms with E-state index in [1.54, 1.807) is 6.07 Å². The Balaban J connectivity index is 1.43. The lowest BCUT2D eigenvalue weighted by Crippen LogP contribution is -2.44. The zero-order valence-corrected chi connectivity index (χ0v) is 16.2. The largest absolute Gasteiger partial charge is 0.369 e. The van der Waals surface area contributed by atoms with Crippen LogP contribution < -0.4 is 20.9 Å². The van der Waals surface area contributed by atoms with Gasteiger partial charge in [0.1, 0.15) is 0 Å². The monoisotopic (exact) mass is 379 g/mol. The van der Waals surface area contributed by atoms with E-state index in [1.807, 2.05) is 31.2 Å². The molecule has 0 aromatic heterocycles. The zero-order valence-electron chi connectivity index (χ0n) is 16.2. The summed E-state index contributed by atoms with van der Waals surface area (Å²) in [5, 5.41) is 8.57. The Bertz CT molecular complexity index is 919. The molecule has 146 valence electrons. The summed E-state index contributed by atoms with van der Waals surface area (Å²) in [6.45, 7) is 6.06. The van der Waals surface area contributed by atoms with Gasteiger partial charge < -0.3 is 25.8 Å². The highest BCUT2D eigenvalue weighted by molar-refractivity contribution is 6.02. The summed E-state index contributed by atoms with van der Waals surface area (Å²) in [7, 11) is 2.13. The molecule has 3 amide bonds. The maximum absolute atomic E-state index is 12.5. The molecule has 4 rings (SSSR count). The van der Waals surface area contributed by atoms with Gasteiger partial charge in [0.05, 0.1) is 6.42 Å². The number of hydrogen-bond acceptors (Lipinski definition) is 4. The maximum Gasteiger partial charge on any atom is 0.323 e. The standard InChI is InChI=1S/C21H25N5O2/c1-14-9-17(13-18(10-14)26-7-5-25(2)6-8-26)23-21(28)22-16-3-4-19-15(11-16)12-20(27)24-19/h3-4,9-11,13H,5-8,12H2,1-2H3,(H,24,27)(H2,22,23,28). The molecule has 0 unspecified atom stereocenters. The summed E-state index contributed by atoms with van der Waals surface area (Å²) in [5.74, 6) is -0.0206. The Labute approximate surface area is 164 Å². The Hall–Kier alpha value is -3.06. The summed E-state index contributed by atoms with van der Waals surface area (Å²) in [5.41, 5.74) is 5.38. The van der Waals surface area contributed by atoms with Gasteiger partial charge >= 0.3 is 6.03 Å². The number of carbonyl (C=O) groups is 2. The lowest BCUT2D eigenvalue weighted by Gasteiger charge is -2.34. The third-order valence-electron chi connectivity index (χ3n) is 5.18. The van der Waals surface area contributed by atoms with Crippen molar-refractivity contribution in [3.63, 3.8) is 0 Å². The molecule has 0 saturated carbocycles. The topological polar surface area (TPSA) is 76.7 Å². The molecule has 3 N–H and O–H groups in total. The van der Waals surface area contributed by atoms with Crippen LogP contribution in [0.15, 0.2) is 36.4 Å². The SMILES string of the molecule is Cc1cc(NC(=O)Nc2ccc3c(c2)CC(=O)N3)cc(N2CCN(C)CC2)c1. The Morgan fingerprint density at radius 2 is 1.75 bits per heavy atom. The van der Waals surface area contributed by atoms with E-state index in [-0.39, 0.29) is 11.9 Å². The first-order valence-corrected chi connectivity index (χ1v) is 9.52. The Morgan fingerprint density at radius 1 is 1.00 bits per heavy atom. The lowest BCUT2D eigenvalue weighted by molar-refractivity contribution is -0.115. The number of nitrogens with one attached hydrogen (secondary N) is 3. The van der Waals surface area contributed by atoms with Crippen LogP contribution >= 0.6 is 0 Å². The van der Waals surface area contributed by atoms with Crippen LogP contribution in [-0.4, -0.2) is 50.1 Å². The van der Waals surface area contributed by atoms with Crippen molar-refractivity contribution in [2.45, 2.75) is 13.3 Å². The van der Waals surface area contributed by atoms with Gasteiger partial charge in [-0.25, -0.2) is 4.79 Å². The number of likely N-dealkylation sites (N-methyl/N-ethyl adjacent to an activating group) is 1. The smallest absolute Gasteiger partial charge is 0.323 e. The predicted molar refractivity (Wildman–Crippen MR) is 112 cm³/mol. The minimum Gasteiger partial charge on any atom is -0.369 e. The van der Waals surface area contributed by atoms with Gasteiger partial charge in [0.25, 0.3) is 0 Å². The normalized spacial score (nSPS) is 16.5. The van der Waals surface area contributed by atoms with Crippen LogP contribution in [0.25, 0.3) is 0 Å². The van der Waals surface area contributed by atoms with Crippen molar-refractivity contribution in [1.82, 2.24) is 4.90 Å². The van der Waals surface area contributed by atoms with E-state index in [0.717, 1.165) is 54.4 Å². The van der Waals surface area contributed by atoms with Crippen molar-refractivity contribution < 1.29 is 9.59 Å². The first kappa shape index (κ1) is 18.3. The number of carbonyl (C=O) groups excluding carboxylic acids is 2. The summed E-state index contributed by atoms with van der Waals surface area (Å²) in [6.07, 6.45) is 0.346. The van der Waals surface area contributed by atoms with Gasteiger partial charge in [-0.1, -0.05) is 0 Å². The number of piperazine rings is 1. The number of benzene rings is 2. The molecule has 28 heavy (non-hydrogen) atoms. The van der Waals surface area contributed by atoms with Crippen LogP contribution in [0.1, 0.15) is 11.1 Å². The number of nitrogens with zero attached hydrogens (tertiary/aromatic N) is 2. The fraction of sp³-hybridized carbons (Fsp3) is 0.333. The highest BCUT2D eigenvalue weighted by atomic mass is 16.2. The van der Waals surface area contributed by atoms with Gasteiger partial charge in [0.2, 0.25) is 5.91 Å². The third-order valence-corrected chi connectivity index (χ3v) is 5.18. The van der Waals surface area contributed by atoms with Crippen LogP contribution in [0, 0.1) is 6.92 Å². The molecule has 0 atom stereocenters. The predicted octanol–water partition coefficient (Wildman–Crippen LogP) is 2.89. The minimum absolute atomic E-state index is 0.0206. The average molecular weight is 379 g/mol. The van der Waals surface area contributed by atoms with E-state index in [9.17, 15) is 9.59 Å². The summed E-state index contributed by atoms with van der Waals surface area (Å²) >= 11 is 0. The molecular weight excluding hydrogens is 354 g/mol. The van der Waals surface area contributed by atoms with Gasteiger partial charge in [0.15, 0.2) is 0 Å². The van der Waals surface area contributed by atoms with Crippen LogP contribution in [0.3, 0.4) is 0 Å². The second-order valence-electron chi connectivity index (χ2n) is 7.52. The van der Waals surface area contributed by atoms with Crippen LogP contribution in [0.2, 0.25) is 0 Å². The van der Waals surface area contributed by atoms with Crippen molar-refractivity contribution in [2.75, 3.05) is 54.1 Å². The molecule has 0 radical (unpaired) electrons. The van der Waals surface area contributed by atoms with Crippen molar-refractivity contribution in [2.24, 2.45) is 0 Å². The maximum atomic E-state index is 12.5. The van der Waals surface area contributed by atoms with Crippen molar-refractivity contribution >= 4 is 34.7 Å². The fourth-order valence-corrected chi connectivity index (χ4v) is 3.68. The molecule has 2 aromatic carbocycles. The number of hydrogen-bond donors (Lipinski definition) is 3. The van der Waals surface area contributed by atoms with Crippen molar-refractivity contribution in [1.29, 1.82) is 0 Å². The van der Waals surface area contributed by atoms with E-state index in [4.69, 9.17) is 0 Å². The van der Waals surface area contributed by atoms with Crippen molar-refractivity contribution in [3.8, 4) is 0 Å². The molecule has 0 aliphatic carbocycles. The van der Waals surface area contributed by atoms with E-state index < -0.39 is 0 Å². The van der Waals surface area contributed by atoms with Crippen LogP contribution in [0.5, 0.6) is 0 Å². The molecule has 2 aliphatic heterocycles. The van der Waals surface area contributed by atoms with Crippen LogP contribution in [-0.2, 0) is 11.2 Å². The molecule has 2 aromatic rings. The highest BCUT2D eigenvalue weighted by Crippen LogP contribution is 2.27. The summed E-state index contributed by atoms with van der Waals surface area (Å²) in [6, 6.07) is 11.3. The molecular formula is C21H25N5O2. The van der Waals surface area contributed by atoms with Gasteiger partial charge in [-0.2, -0.15) is 0 Å². The van der Waals surface area contributed by atoms with Gasteiger partial charge in [-0.05, 0) is 61.5 Å². The van der Waals surface area contributed by atoms with Crippen LogP contribution in [0.4, 0.5) is 27.5 Å². The molecule has 2 heterocycles. The second-order valence-corrected chi connectivity index (χ2v) is 7.52. The van der Waals surface area contributed by atoms with E-state index in [0.29, 0.717) is 12.1 Å². The first-order valence-electron chi connectivity index (χ1n) is 9.52. The first-order chi connectivity index (χ1) is 13.5. The van der Waals surface area contributed by atoms with E-state index >= 15 is 0 Å². The number of anilines is 4. The highest BCUT2D eigenvalue weighted by Gasteiger charge is 2.18. The quantitative estimate of drug-likeness (QED) is 0.766.